The van der Waals surface area contributed by atoms with Crippen molar-refractivity contribution >= 4 is 5.69 Å². The van der Waals surface area contributed by atoms with Gasteiger partial charge in [0, 0.05) is 18.8 Å². The average Bonchev–Trinajstić information content (AvgIpc) is 2.49. The summed E-state index contributed by atoms with van der Waals surface area (Å²) in [7, 11) is 0. The lowest BCUT2D eigenvalue weighted by atomic mass is 10.0. The molecule has 1 fully saturated rings. The highest BCUT2D eigenvalue weighted by molar-refractivity contribution is 5.68. The molecule has 98 valence electrons. The number of aryl methyl sites for hydroxylation is 1. The van der Waals surface area contributed by atoms with Crippen LogP contribution in [0.2, 0.25) is 0 Å². The maximum atomic E-state index is 5.41. The van der Waals surface area contributed by atoms with E-state index in [9.17, 15) is 0 Å². The molecule has 19 heavy (non-hydrogen) atoms. The molecule has 1 saturated heterocycles. The summed E-state index contributed by atoms with van der Waals surface area (Å²) < 4.78 is 5.41. The molecule has 0 radical (unpaired) electrons. The molecule has 2 nitrogen and oxygen atoms in total. The summed E-state index contributed by atoms with van der Waals surface area (Å²) in [4.78, 5) is 2.39. The SMILES string of the molecule is Cc1ccc(-c2cccc(N3CCOCC3)c2)cc1. The van der Waals surface area contributed by atoms with Gasteiger partial charge in [-0.1, -0.05) is 42.0 Å². The van der Waals surface area contributed by atoms with Gasteiger partial charge in [-0.3, -0.25) is 0 Å². The van der Waals surface area contributed by atoms with E-state index in [0.29, 0.717) is 0 Å². The smallest absolute Gasteiger partial charge is 0.0642 e. The number of hydrogen-bond donors (Lipinski definition) is 0. The molecule has 0 bridgehead atoms. The Morgan fingerprint density at radius 3 is 2.37 bits per heavy atom. The first-order chi connectivity index (χ1) is 9.33. The average molecular weight is 253 g/mol. The highest BCUT2D eigenvalue weighted by atomic mass is 16.5. The molecule has 2 aromatic carbocycles. The lowest BCUT2D eigenvalue weighted by molar-refractivity contribution is 0.122. The van der Waals surface area contributed by atoms with Crippen LogP contribution in [-0.2, 0) is 4.74 Å². The van der Waals surface area contributed by atoms with Gasteiger partial charge in [-0.2, -0.15) is 0 Å². The zero-order valence-electron chi connectivity index (χ0n) is 11.3. The van der Waals surface area contributed by atoms with Crippen molar-refractivity contribution < 1.29 is 4.74 Å². The summed E-state index contributed by atoms with van der Waals surface area (Å²) >= 11 is 0. The number of ether oxygens (including phenoxy) is 1. The molecule has 0 unspecified atom stereocenters. The molecular weight excluding hydrogens is 234 g/mol. The molecule has 0 N–H and O–H groups in total. The summed E-state index contributed by atoms with van der Waals surface area (Å²) in [5.74, 6) is 0. The maximum absolute atomic E-state index is 5.41. The third-order valence-corrected chi connectivity index (χ3v) is 3.61. The molecule has 1 heterocycles. The van der Waals surface area contributed by atoms with E-state index in [1.165, 1.54) is 22.4 Å². The summed E-state index contributed by atoms with van der Waals surface area (Å²) in [5, 5.41) is 0. The minimum Gasteiger partial charge on any atom is -0.378 e. The van der Waals surface area contributed by atoms with E-state index >= 15 is 0 Å². The molecule has 0 spiro atoms. The molecule has 0 aromatic heterocycles. The highest BCUT2D eigenvalue weighted by Crippen LogP contribution is 2.25. The summed E-state index contributed by atoms with van der Waals surface area (Å²) in [6, 6.07) is 17.5. The molecule has 0 atom stereocenters. The van der Waals surface area contributed by atoms with Gasteiger partial charge in [-0.15, -0.1) is 0 Å². The lowest BCUT2D eigenvalue weighted by Gasteiger charge is -2.29. The Hall–Kier alpha value is -1.80. The van der Waals surface area contributed by atoms with Crippen molar-refractivity contribution in [2.24, 2.45) is 0 Å². The molecule has 3 rings (SSSR count). The van der Waals surface area contributed by atoms with Gasteiger partial charge in [0.15, 0.2) is 0 Å². The van der Waals surface area contributed by atoms with Crippen molar-refractivity contribution in [1.29, 1.82) is 0 Å². The van der Waals surface area contributed by atoms with Crippen LogP contribution in [0.4, 0.5) is 5.69 Å². The summed E-state index contributed by atoms with van der Waals surface area (Å²) in [6.45, 7) is 5.74. The van der Waals surface area contributed by atoms with Crippen molar-refractivity contribution in [2.75, 3.05) is 31.2 Å². The molecule has 0 aliphatic carbocycles. The predicted molar refractivity (Wildman–Crippen MR) is 79.6 cm³/mol. The van der Waals surface area contributed by atoms with Gasteiger partial charge in [0.05, 0.1) is 13.2 Å². The number of benzene rings is 2. The lowest BCUT2D eigenvalue weighted by Crippen LogP contribution is -2.36. The number of nitrogens with zero attached hydrogens (tertiary/aromatic N) is 1. The molecule has 2 aromatic rings. The molecule has 1 aliphatic heterocycles. The van der Waals surface area contributed by atoms with Crippen LogP contribution in [0.15, 0.2) is 48.5 Å². The molecular formula is C17H19NO. The maximum Gasteiger partial charge on any atom is 0.0642 e. The predicted octanol–water partition coefficient (Wildman–Crippen LogP) is 3.50. The van der Waals surface area contributed by atoms with Crippen LogP contribution in [0.5, 0.6) is 0 Å². The first kappa shape index (κ1) is 12.2. The standard InChI is InChI=1S/C17H19NO/c1-14-5-7-15(8-6-14)16-3-2-4-17(13-16)18-9-11-19-12-10-18/h2-8,13H,9-12H2,1H3. The Bertz CT molecular complexity index is 541. The Morgan fingerprint density at radius 1 is 0.895 bits per heavy atom. The van der Waals surface area contributed by atoms with E-state index in [-0.39, 0.29) is 0 Å². The van der Waals surface area contributed by atoms with Crippen LogP contribution < -0.4 is 4.90 Å². The quantitative estimate of drug-likeness (QED) is 0.812. The zero-order valence-corrected chi connectivity index (χ0v) is 11.3. The van der Waals surface area contributed by atoms with E-state index in [1.54, 1.807) is 0 Å². The van der Waals surface area contributed by atoms with E-state index < -0.39 is 0 Å². The van der Waals surface area contributed by atoms with Crippen LogP contribution in [0.3, 0.4) is 0 Å². The molecule has 1 aliphatic rings. The van der Waals surface area contributed by atoms with Crippen molar-refractivity contribution in [3.63, 3.8) is 0 Å². The molecule has 0 saturated carbocycles. The molecule has 0 amide bonds. The van der Waals surface area contributed by atoms with Crippen molar-refractivity contribution in [1.82, 2.24) is 0 Å². The highest BCUT2D eigenvalue weighted by Gasteiger charge is 2.11. The first-order valence-corrected chi connectivity index (χ1v) is 6.83. The van der Waals surface area contributed by atoms with Crippen molar-refractivity contribution in [3.8, 4) is 11.1 Å². The van der Waals surface area contributed by atoms with E-state index in [1.807, 2.05) is 0 Å². The second kappa shape index (κ2) is 5.45. The number of hydrogen-bond acceptors (Lipinski definition) is 2. The fourth-order valence-corrected chi connectivity index (χ4v) is 2.45. The van der Waals surface area contributed by atoms with Crippen LogP contribution >= 0.6 is 0 Å². The largest absolute Gasteiger partial charge is 0.378 e. The minimum atomic E-state index is 0.828. The number of rotatable bonds is 2. The fourth-order valence-electron chi connectivity index (χ4n) is 2.45. The second-order valence-electron chi connectivity index (χ2n) is 5.02. The normalized spacial score (nSPS) is 15.5. The molecule has 2 heteroatoms. The van der Waals surface area contributed by atoms with Crippen LogP contribution in [0.1, 0.15) is 5.56 Å². The Kier molecular flexibility index (Phi) is 3.51. The Balaban J connectivity index is 1.88. The fraction of sp³-hybridized carbons (Fsp3) is 0.294. The third-order valence-electron chi connectivity index (χ3n) is 3.61. The number of morpholine rings is 1. The summed E-state index contributed by atoms with van der Waals surface area (Å²) in [6.07, 6.45) is 0. The van der Waals surface area contributed by atoms with Gasteiger partial charge in [-0.25, -0.2) is 0 Å². The minimum absolute atomic E-state index is 0.828. The Morgan fingerprint density at radius 2 is 1.63 bits per heavy atom. The van der Waals surface area contributed by atoms with Gasteiger partial charge in [0.25, 0.3) is 0 Å². The van der Waals surface area contributed by atoms with Gasteiger partial charge >= 0.3 is 0 Å². The first-order valence-electron chi connectivity index (χ1n) is 6.83. The zero-order chi connectivity index (χ0) is 13.1. The van der Waals surface area contributed by atoms with Crippen molar-refractivity contribution in [3.05, 3.63) is 54.1 Å². The third kappa shape index (κ3) is 2.79. The van der Waals surface area contributed by atoms with Gasteiger partial charge < -0.3 is 9.64 Å². The van der Waals surface area contributed by atoms with Gasteiger partial charge in [-0.05, 0) is 30.2 Å². The van der Waals surface area contributed by atoms with E-state index in [0.717, 1.165) is 26.3 Å². The van der Waals surface area contributed by atoms with E-state index in [4.69, 9.17) is 4.74 Å². The van der Waals surface area contributed by atoms with Crippen LogP contribution in [0, 0.1) is 6.92 Å². The monoisotopic (exact) mass is 253 g/mol. The number of anilines is 1. The Labute approximate surface area is 114 Å². The van der Waals surface area contributed by atoms with Gasteiger partial charge in [0.2, 0.25) is 0 Å². The van der Waals surface area contributed by atoms with Gasteiger partial charge in [0.1, 0.15) is 0 Å². The summed E-state index contributed by atoms with van der Waals surface area (Å²) in [5.41, 5.74) is 5.15. The van der Waals surface area contributed by atoms with Crippen molar-refractivity contribution in [2.45, 2.75) is 6.92 Å². The van der Waals surface area contributed by atoms with E-state index in [2.05, 4.69) is 60.4 Å². The van der Waals surface area contributed by atoms with Crippen LogP contribution in [0.25, 0.3) is 11.1 Å². The topological polar surface area (TPSA) is 12.5 Å². The van der Waals surface area contributed by atoms with Crippen LogP contribution in [-0.4, -0.2) is 26.3 Å². The second-order valence-corrected chi connectivity index (χ2v) is 5.02.